The van der Waals surface area contributed by atoms with Gasteiger partial charge in [0.1, 0.15) is 5.82 Å². The van der Waals surface area contributed by atoms with Crippen molar-refractivity contribution < 1.29 is 4.39 Å². The Kier molecular flexibility index (Phi) is 5.23. The summed E-state index contributed by atoms with van der Waals surface area (Å²) in [5.41, 5.74) is 0.808. The van der Waals surface area contributed by atoms with E-state index in [0.29, 0.717) is 6.04 Å². The number of hydrogen-bond acceptors (Lipinski definition) is 2. The van der Waals surface area contributed by atoms with Crippen molar-refractivity contribution in [2.75, 3.05) is 19.6 Å². The van der Waals surface area contributed by atoms with Crippen LogP contribution in [-0.4, -0.2) is 30.6 Å². The molecule has 19 heavy (non-hydrogen) atoms. The Bertz CT molecular complexity index is 443. The third-order valence-electron chi connectivity index (χ3n) is 4.15. The first-order valence-electron chi connectivity index (χ1n) is 6.62. The Morgan fingerprint density at radius 3 is 3.00 bits per heavy atom. The van der Waals surface area contributed by atoms with Crippen LogP contribution in [0.1, 0.15) is 18.4 Å². The van der Waals surface area contributed by atoms with Crippen LogP contribution in [0.2, 0.25) is 0 Å². The van der Waals surface area contributed by atoms with Gasteiger partial charge in [-0.1, -0.05) is 22.0 Å². The molecule has 0 amide bonds. The quantitative estimate of drug-likeness (QED) is 0.882. The molecular weight excluding hydrogens is 331 g/mol. The van der Waals surface area contributed by atoms with Crippen molar-refractivity contribution in [2.24, 2.45) is 5.92 Å². The maximum Gasteiger partial charge on any atom is 0.128 e. The second kappa shape index (κ2) is 6.53. The fourth-order valence-electron chi connectivity index (χ4n) is 3.16. The Morgan fingerprint density at radius 2 is 2.21 bits per heavy atom. The van der Waals surface area contributed by atoms with E-state index >= 15 is 0 Å². The lowest BCUT2D eigenvalue weighted by atomic mass is 9.93. The average Bonchev–Trinajstić information content (AvgIpc) is 2.80. The van der Waals surface area contributed by atoms with Gasteiger partial charge < -0.3 is 5.32 Å². The smallest absolute Gasteiger partial charge is 0.128 e. The Hall–Kier alpha value is -0.160. The fourth-order valence-corrected chi connectivity index (χ4v) is 3.49. The highest BCUT2D eigenvalue weighted by molar-refractivity contribution is 9.10. The van der Waals surface area contributed by atoms with Gasteiger partial charge in [-0.25, -0.2) is 4.39 Å². The van der Waals surface area contributed by atoms with E-state index < -0.39 is 0 Å². The van der Waals surface area contributed by atoms with Gasteiger partial charge in [-0.05, 0) is 44.0 Å². The molecule has 0 saturated carbocycles. The van der Waals surface area contributed by atoms with Gasteiger partial charge in [0.05, 0.1) is 0 Å². The van der Waals surface area contributed by atoms with E-state index in [9.17, 15) is 4.39 Å². The molecule has 106 valence electrons. The number of piperidine rings is 1. The standard InChI is InChI=1S/C14H18BrFN2.ClH/c15-12-2-1-10(13(16)7-12)8-18-6-4-14-11(9-18)3-5-17-14;/h1-2,7,11,14,17H,3-6,8-9H2;1H. The van der Waals surface area contributed by atoms with Crippen LogP contribution in [0.15, 0.2) is 22.7 Å². The predicted molar refractivity (Wildman–Crippen MR) is 81.1 cm³/mol. The SMILES string of the molecule is Cl.Fc1cc(Br)ccc1CN1CCC2NCCC2C1. The molecule has 2 aliphatic rings. The predicted octanol–water partition coefficient (Wildman–Crippen LogP) is 3.19. The van der Waals surface area contributed by atoms with E-state index in [2.05, 4.69) is 26.1 Å². The Balaban J connectivity index is 0.00000133. The lowest BCUT2D eigenvalue weighted by Crippen LogP contribution is -2.44. The van der Waals surface area contributed by atoms with E-state index in [4.69, 9.17) is 0 Å². The summed E-state index contributed by atoms with van der Waals surface area (Å²) in [4.78, 5) is 2.39. The van der Waals surface area contributed by atoms with Crippen molar-refractivity contribution in [3.8, 4) is 0 Å². The molecule has 2 saturated heterocycles. The summed E-state index contributed by atoms with van der Waals surface area (Å²) in [5, 5.41) is 3.55. The maximum absolute atomic E-state index is 13.8. The minimum atomic E-state index is -0.101. The van der Waals surface area contributed by atoms with Crippen LogP contribution in [-0.2, 0) is 6.54 Å². The van der Waals surface area contributed by atoms with E-state index in [1.807, 2.05) is 12.1 Å². The number of nitrogens with one attached hydrogen (secondary N) is 1. The lowest BCUT2D eigenvalue weighted by molar-refractivity contribution is 0.154. The number of rotatable bonds is 2. The van der Waals surface area contributed by atoms with Crippen LogP contribution >= 0.6 is 28.3 Å². The Morgan fingerprint density at radius 1 is 1.37 bits per heavy atom. The first-order chi connectivity index (χ1) is 8.72. The summed E-state index contributed by atoms with van der Waals surface area (Å²) < 4.78 is 14.6. The normalized spacial score (nSPS) is 26.8. The van der Waals surface area contributed by atoms with Gasteiger partial charge in [-0.15, -0.1) is 12.4 Å². The zero-order valence-electron chi connectivity index (χ0n) is 10.7. The molecule has 2 nitrogen and oxygen atoms in total. The summed E-state index contributed by atoms with van der Waals surface area (Å²) in [5.74, 6) is 0.660. The number of halogens is 3. The molecule has 0 aliphatic carbocycles. The minimum absolute atomic E-state index is 0. The second-order valence-electron chi connectivity index (χ2n) is 5.37. The van der Waals surface area contributed by atoms with E-state index in [0.717, 1.165) is 42.1 Å². The number of benzene rings is 1. The number of fused-ring (bicyclic) bond motifs is 1. The van der Waals surface area contributed by atoms with Gasteiger partial charge in [0.15, 0.2) is 0 Å². The molecule has 3 rings (SSSR count). The molecule has 1 N–H and O–H groups in total. The zero-order valence-corrected chi connectivity index (χ0v) is 13.1. The molecule has 5 heteroatoms. The molecule has 2 heterocycles. The van der Waals surface area contributed by atoms with Crippen molar-refractivity contribution in [3.05, 3.63) is 34.1 Å². The van der Waals surface area contributed by atoms with E-state index in [-0.39, 0.29) is 18.2 Å². The van der Waals surface area contributed by atoms with E-state index in [1.165, 1.54) is 12.8 Å². The molecule has 2 unspecified atom stereocenters. The maximum atomic E-state index is 13.8. The molecular formula is C14H19BrClFN2. The van der Waals surface area contributed by atoms with Gasteiger partial charge in [0.2, 0.25) is 0 Å². The molecule has 1 aromatic carbocycles. The van der Waals surface area contributed by atoms with Crippen LogP contribution in [0.25, 0.3) is 0 Å². The van der Waals surface area contributed by atoms with Gasteiger partial charge >= 0.3 is 0 Å². The largest absolute Gasteiger partial charge is 0.314 e. The summed E-state index contributed by atoms with van der Waals surface area (Å²) in [6, 6.07) is 6.07. The van der Waals surface area contributed by atoms with Crippen LogP contribution in [0, 0.1) is 11.7 Å². The summed E-state index contributed by atoms with van der Waals surface area (Å²) in [6.45, 7) is 4.06. The number of nitrogens with zero attached hydrogens (tertiary/aromatic N) is 1. The van der Waals surface area contributed by atoms with Crippen molar-refractivity contribution >= 4 is 28.3 Å². The van der Waals surface area contributed by atoms with Gasteiger partial charge in [0, 0.05) is 29.2 Å². The Labute approximate surface area is 128 Å². The van der Waals surface area contributed by atoms with Crippen LogP contribution in [0.3, 0.4) is 0 Å². The van der Waals surface area contributed by atoms with Crippen LogP contribution in [0.5, 0.6) is 0 Å². The second-order valence-corrected chi connectivity index (χ2v) is 6.28. The average molecular weight is 350 g/mol. The zero-order chi connectivity index (χ0) is 12.5. The first kappa shape index (κ1) is 15.2. The third kappa shape index (κ3) is 3.48. The highest BCUT2D eigenvalue weighted by Gasteiger charge is 2.32. The van der Waals surface area contributed by atoms with Crippen molar-refractivity contribution in [1.29, 1.82) is 0 Å². The molecule has 0 spiro atoms. The number of likely N-dealkylation sites (tertiary alicyclic amines) is 1. The van der Waals surface area contributed by atoms with Crippen molar-refractivity contribution in [3.63, 3.8) is 0 Å². The number of hydrogen-bond donors (Lipinski definition) is 1. The van der Waals surface area contributed by atoms with Gasteiger partial charge in [-0.2, -0.15) is 0 Å². The van der Waals surface area contributed by atoms with Crippen molar-refractivity contribution in [2.45, 2.75) is 25.4 Å². The molecule has 2 aliphatic heterocycles. The summed E-state index contributed by atoms with van der Waals surface area (Å²) in [6.07, 6.45) is 2.47. The van der Waals surface area contributed by atoms with Gasteiger partial charge in [0.25, 0.3) is 0 Å². The van der Waals surface area contributed by atoms with Crippen molar-refractivity contribution in [1.82, 2.24) is 10.2 Å². The summed E-state index contributed by atoms with van der Waals surface area (Å²) >= 11 is 3.30. The molecule has 1 aromatic rings. The third-order valence-corrected chi connectivity index (χ3v) is 4.64. The first-order valence-corrected chi connectivity index (χ1v) is 7.41. The monoisotopic (exact) mass is 348 g/mol. The fraction of sp³-hybridized carbons (Fsp3) is 0.571. The topological polar surface area (TPSA) is 15.3 Å². The van der Waals surface area contributed by atoms with Gasteiger partial charge in [-0.3, -0.25) is 4.90 Å². The lowest BCUT2D eigenvalue weighted by Gasteiger charge is -2.34. The molecule has 2 fully saturated rings. The minimum Gasteiger partial charge on any atom is -0.314 e. The highest BCUT2D eigenvalue weighted by atomic mass is 79.9. The molecule has 0 bridgehead atoms. The van der Waals surface area contributed by atoms with Crippen LogP contribution < -0.4 is 5.32 Å². The molecule has 2 atom stereocenters. The summed E-state index contributed by atoms with van der Waals surface area (Å²) in [7, 11) is 0. The highest BCUT2D eigenvalue weighted by Crippen LogP contribution is 2.26. The molecule has 0 radical (unpaired) electrons. The van der Waals surface area contributed by atoms with E-state index in [1.54, 1.807) is 6.07 Å². The molecule has 0 aromatic heterocycles. The van der Waals surface area contributed by atoms with Crippen LogP contribution in [0.4, 0.5) is 4.39 Å².